The molecule has 0 atom stereocenters. The van der Waals surface area contributed by atoms with Crippen LogP contribution in [0.15, 0.2) is 41.8 Å². The average Bonchev–Trinajstić information content (AvgIpc) is 3.18. The number of thiazole rings is 1. The number of halogens is 5. The SMILES string of the molecule is CCOC(=O)c1csc(Cc2cc(C(F)(F)F)ccc2OCc2cccc(F)c2F)n1. The van der Waals surface area contributed by atoms with Crippen LogP contribution in [0.25, 0.3) is 0 Å². The Morgan fingerprint density at radius 2 is 1.90 bits per heavy atom. The van der Waals surface area contributed by atoms with Crippen LogP contribution in [-0.2, 0) is 23.9 Å². The van der Waals surface area contributed by atoms with E-state index in [1.54, 1.807) is 6.92 Å². The molecule has 0 radical (unpaired) electrons. The Morgan fingerprint density at radius 1 is 1.13 bits per heavy atom. The van der Waals surface area contributed by atoms with Gasteiger partial charge in [0, 0.05) is 22.9 Å². The second kappa shape index (κ2) is 9.42. The lowest BCUT2D eigenvalue weighted by atomic mass is 10.1. The maximum atomic E-state index is 13.9. The summed E-state index contributed by atoms with van der Waals surface area (Å²) in [6, 6.07) is 6.43. The summed E-state index contributed by atoms with van der Waals surface area (Å²) in [7, 11) is 0. The van der Waals surface area contributed by atoms with E-state index in [2.05, 4.69) is 4.98 Å². The van der Waals surface area contributed by atoms with Crippen molar-refractivity contribution in [2.75, 3.05) is 6.61 Å². The number of ether oxygens (including phenoxy) is 2. The molecule has 0 spiro atoms. The number of hydrogen-bond donors (Lipinski definition) is 0. The van der Waals surface area contributed by atoms with E-state index in [0.29, 0.717) is 5.01 Å². The summed E-state index contributed by atoms with van der Waals surface area (Å²) in [5.74, 6) is -2.71. The summed E-state index contributed by atoms with van der Waals surface area (Å²) in [6.07, 6.45) is -4.64. The van der Waals surface area contributed by atoms with Crippen LogP contribution < -0.4 is 4.74 Å². The molecule has 4 nitrogen and oxygen atoms in total. The molecule has 0 bridgehead atoms. The van der Waals surface area contributed by atoms with Crippen LogP contribution in [0.1, 0.15) is 39.1 Å². The van der Waals surface area contributed by atoms with Crippen LogP contribution in [0.4, 0.5) is 22.0 Å². The van der Waals surface area contributed by atoms with Gasteiger partial charge < -0.3 is 9.47 Å². The maximum absolute atomic E-state index is 13.9. The first-order valence-corrected chi connectivity index (χ1v) is 9.94. The molecule has 10 heteroatoms. The normalized spacial score (nSPS) is 11.4. The summed E-state index contributed by atoms with van der Waals surface area (Å²) in [5, 5.41) is 1.81. The third-order valence-electron chi connectivity index (χ3n) is 4.18. The molecule has 0 saturated carbocycles. The summed E-state index contributed by atoms with van der Waals surface area (Å²) >= 11 is 1.08. The third-order valence-corrected chi connectivity index (χ3v) is 5.03. The molecular weight excluding hydrogens is 441 g/mol. The number of esters is 1. The van der Waals surface area contributed by atoms with E-state index in [1.165, 1.54) is 17.5 Å². The molecule has 0 aliphatic heterocycles. The number of carbonyl (C=O) groups is 1. The van der Waals surface area contributed by atoms with Crippen molar-refractivity contribution in [3.05, 3.63) is 80.8 Å². The van der Waals surface area contributed by atoms with Crippen molar-refractivity contribution in [1.29, 1.82) is 0 Å². The van der Waals surface area contributed by atoms with Crippen LogP contribution in [0, 0.1) is 11.6 Å². The topological polar surface area (TPSA) is 48.4 Å². The lowest BCUT2D eigenvalue weighted by Crippen LogP contribution is -2.08. The Morgan fingerprint density at radius 3 is 2.61 bits per heavy atom. The minimum Gasteiger partial charge on any atom is -0.488 e. The van der Waals surface area contributed by atoms with Gasteiger partial charge >= 0.3 is 12.1 Å². The lowest BCUT2D eigenvalue weighted by molar-refractivity contribution is -0.137. The van der Waals surface area contributed by atoms with Gasteiger partial charge in [0.25, 0.3) is 0 Å². The fraction of sp³-hybridized carbons (Fsp3) is 0.238. The van der Waals surface area contributed by atoms with Gasteiger partial charge in [-0.1, -0.05) is 12.1 Å². The second-order valence-corrected chi connectivity index (χ2v) is 7.29. The zero-order valence-electron chi connectivity index (χ0n) is 16.1. The van der Waals surface area contributed by atoms with E-state index in [4.69, 9.17) is 9.47 Å². The highest BCUT2D eigenvalue weighted by Crippen LogP contribution is 2.34. The molecule has 0 aliphatic carbocycles. The van der Waals surface area contributed by atoms with Crippen molar-refractivity contribution < 1.29 is 36.2 Å². The molecule has 0 unspecified atom stereocenters. The standard InChI is InChI=1S/C21H16F5NO3S/c1-2-29-20(28)16-11-31-18(27-16)9-13-8-14(21(24,25)26)6-7-17(13)30-10-12-4-3-5-15(22)19(12)23/h3-8,11H,2,9-10H2,1H3. The number of alkyl halides is 3. The molecule has 1 heterocycles. The molecule has 3 aromatic rings. The highest BCUT2D eigenvalue weighted by Gasteiger charge is 2.31. The predicted molar refractivity (Wildman–Crippen MR) is 103 cm³/mol. The number of aromatic nitrogens is 1. The molecule has 2 aromatic carbocycles. The summed E-state index contributed by atoms with van der Waals surface area (Å²) in [4.78, 5) is 15.9. The van der Waals surface area contributed by atoms with Gasteiger partial charge in [0.15, 0.2) is 17.3 Å². The van der Waals surface area contributed by atoms with Crippen LogP contribution in [-0.4, -0.2) is 17.6 Å². The summed E-state index contributed by atoms with van der Waals surface area (Å²) in [5.41, 5.74) is -0.784. The average molecular weight is 457 g/mol. The Bertz CT molecular complexity index is 1080. The van der Waals surface area contributed by atoms with Crippen LogP contribution in [0.3, 0.4) is 0 Å². The molecule has 3 rings (SSSR count). The first-order chi connectivity index (χ1) is 14.7. The van der Waals surface area contributed by atoms with Gasteiger partial charge in [-0.25, -0.2) is 18.6 Å². The maximum Gasteiger partial charge on any atom is 0.416 e. The van der Waals surface area contributed by atoms with Crippen molar-refractivity contribution >= 4 is 17.3 Å². The smallest absolute Gasteiger partial charge is 0.416 e. The van der Waals surface area contributed by atoms with Crippen molar-refractivity contribution in [2.45, 2.75) is 26.1 Å². The number of nitrogens with zero attached hydrogens (tertiary/aromatic N) is 1. The molecule has 0 aliphatic rings. The van der Waals surface area contributed by atoms with Crippen molar-refractivity contribution in [1.82, 2.24) is 4.98 Å². The fourth-order valence-corrected chi connectivity index (χ4v) is 3.49. The van der Waals surface area contributed by atoms with Crippen molar-refractivity contribution in [2.24, 2.45) is 0 Å². The monoisotopic (exact) mass is 457 g/mol. The zero-order chi connectivity index (χ0) is 22.6. The Hall–Kier alpha value is -3.01. The van der Waals surface area contributed by atoms with Gasteiger partial charge in [-0.15, -0.1) is 11.3 Å². The Labute approximate surface area is 178 Å². The molecule has 164 valence electrons. The quantitative estimate of drug-likeness (QED) is 0.333. The predicted octanol–water partition coefficient (Wildman–Crippen LogP) is 5.79. The number of carbonyl (C=O) groups excluding carboxylic acids is 1. The van der Waals surface area contributed by atoms with E-state index in [9.17, 15) is 26.7 Å². The number of benzene rings is 2. The van der Waals surface area contributed by atoms with Crippen LogP contribution >= 0.6 is 11.3 Å². The second-order valence-electron chi connectivity index (χ2n) is 6.35. The van der Waals surface area contributed by atoms with E-state index in [0.717, 1.165) is 35.6 Å². The Balaban J connectivity index is 1.87. The van der Waals surface area contributed by atoms with Crippen LogP contribution in [0.2, 0.25) is 0 Å². The van der Waals surface area contributed by atoms with Crippen molar-refractivity contribution in [3.8, 4) is 5.75 Å². The van der Waals surface area contributed by atoms with Gasteiger partial charge in [-0.05, 0) is 31.2 Å². The van der Waals surface area contributed by atoms with Gasteiger partial charge in [0.1, 0.15) is 12.4 Å². The van der Waals surface area contributed by atoms with E-state index < -0.39 is 29.3 Å². The number of rotatable bonds is 7. The highest BCUT2D eigenvalue weighted by molar-refractivity contribution is 7.09. The first-order valence-electron chi connectivity index (χ1n) is 9.06. The van der Waals surface area contributed by atoms with Gasteiger partial charge in [-0.2, -0.15) is 13.2 Å². The van der Waals surface area contributed by atoms with E-state index in [1.807, 2.05) is 0 Å². The van der Waals surface area contributed by atoms with Crippen molar-refractivity contribution in [3.63, 3.8) is 0 Å². The third kappa shape index (κ3) is 5.57. The molecular formula is C21H16F5NO3S. The first kappa shape index (κ1) is 22.7. The van der Waals surface area contributed by atoms with Gasteiger partial charge in [-0.3, -0.25) is 0 Å². The van der Waals surface area contributed by atoms with E-state index in [-0.39, 0.29) is 42.2 Å². The van der Waals surface area contributed by atoms with E-state index >= 15 is 0 Å². The fourth-order valence-electron chi connectivity index (χ4n) is 2.70. The molecule has 0 fully saturated rings. The summed E-state index contributed by atoms with van der Waals surface area (Å²) < 4.78 is 77.1. The van der Waals surface area contributed by atoms with Gasteiger partial charge in [0.2, 0.25) is 0 Å². The van der Waals surface area contributed by atoms with Gasteiger partial charge in [0.05, 0.1) is 17.2 Å². The zero-order valence-corrected chi connectivity index (χ0v) is 16.9. The summed E-state index contributed by atoms with van der Waals surface area (Å²) in [6.45, 7) is 1.42. The molecule has 0 N–H and O–H groups in total. The Kier molecular flexibility index (Phi) is 6.89. The van der Waals surface area contributed by atoms with Crippen LogP contribution in [0.5, 0.6) is 5.75 Å². The molecule has 31 heavy (non-hydrogen) atoms. The molecule has 1 aromatic heterocycles. The molecule has 0 saturated heterocycles. The molecule has 0 amide bonds. The number of hydrogen-bond acceptors (Lipinski definition) is 5. The largest absolute Gasteiger partial charge is 0.488 e. The minimum absolute atomic E-state index is 0.0538. The highest BCUT2D eigenvalue weighted by atomic mass is 32.1. The minimum atomic E-state index is -4.58. The lowest BCUT2D eigenvalue weighted by Gasteiger charge is -2.14.